The van der Waals surface area contributed by atoms with E-state index < -0.39 is 0 Å². The fourth-order valence-electron chi connectivity index (χ4n) is 3.21. The minimum Gasteiger partial charge on any atom is -0.399 e. The number of aliphatic hydroxyl groups is 1. The van der Waals surface area contributed by atoms with Crippen LogP contribution in [-0.4, -0.2) is 24.3 Å². The first-order valence-corrected chi connectivity index (χ1v) is 6.92. The van der Waals surface area contributed by atoms with Crippen LogP contribution in [-0.2, 0) is 0 Å². The Balaban J connectivity index is 1.83. The number of anilines is 2. The lowest BCUT2D eigenvalue weighted by Gasteiger charge is -2.22. The van der Waals surface area contributed by atoms with E-state index in [1.807, 2.05) is 12.1 Å². The Hall–Kier alpha value is -0.740. The molecule has 3 unspecified atom stereocenters. The molecule has 1 aliphatic heterocycles. The monoisotopic (exact) mass is 296 g/mol. The van der Waals surface area contributed by atoms with E-state index in [9.17, 15) is 5.11 Å². The van der Waals surface area contributed by atoms with Gasteiger partial charge in [-0.3, -0.25) is 0 Å². The Labute approximate surface area is 110 Å². The lowest BCUT2D eigenvalue weighted by molar-refractivity contribution is 0.133. The number of fused-ring (bicyclic) bond motifs is 1. The number of benzene rings is 1. The lowest BCUT2D eigenvalue weighted by Crippen LogP contribution is -2.24. The molecule has 1 saturated heterocycles. The van der Waals surface area contributed by atoms with Crippen LogP contribution in [0.5, 0.6) is 0 Å². The third-order valence-corrected chi connectivity index (χ3v) is 4.77. The van der Waals surface area contributed by atoms with Crippen molar-refractivity contribution < 1.29 is 5.11 Å². The minimum absolute atomic E-state index is 0.0995. The molecule has 2 aliphatic rings. The molecule has 0 aromatic heterocycles. The summed E-state index contributed by atoms with van der Waals surface area (Å²) in [6, 6.07) is 5.94. The molecule has 3 nitrogen and oxygen atoms in total. The molecule has 3 atom stereocenters. The van der Waals surface area contributed by atoms with Crippen molar-refractivity contribution in [1.82, 2.24) is 0 Å². The number of nitrogens with zero attached hydrogens (tertiary/aromatic N) is 1. The van der Waals surface area contributed by atoms with E-state index in [-0.39, 0.29) is 6.10 Å². The zero-order chi connectivity index (χ0) is 12.0. The van der Waals surface area contributed by atoms with Crippen molar-refractivity contribution in [3.63, 3.8) is 0 Å². The molecule has 3 N–H and O–H groups in total. The van der Waals surface area contributed by atoms with Gasteiger partial charge in [0.25, 0.3) is 0 Å². The molecule has 0 amide bonds. The van der Waals surface area contributed by atoms with Crippen LogP contribution in [0.2, 0.25) is 0 Å². The van der Waals surface area contributed by atoms with Crippen LogP contribution in [0.3, 0.4) is 0 Å². The molecule has 4 heteroatoms. The maximum Gasteiger partial charge on any atom is 0.0588 e. The van der Waals surface area contributed by atoms with Crippen LogP contribution in [0.25, 0.3) is 0 Å². The van der Waals surface area contributed by atoms with Gasteiger partial charge in [-0.1, -0.05) is 0 Å². The van der Waals surface area contributed by atoms with Gasteiger partial charge in [-0.2, -0.15) is 0 Å². The zero-order valence-electron chi connectivity index (χ0n) is 9.64. The second kappa shape index (κ2) is 4.18. The standard InChI is InChI=1S/C13H17BrN2O/c14-11-5-9(15)2-3-12(11)16-6-8-1-4-13(17)10(8)7-16/h2-3,5,8,10,13,17H,1,4,6-7,15H2. The van der Waals surface area contributed by atoms with Gasteiger partial charge in [0, 0.05) is 29.2 Å². The van der Waals surface area contributed by atoms with E-state index in [4.69, 9.17) is 5.73 Å². The first-order valence-electron chi connectivity index (χ1n) is 6.13. The largest absolute Gasteiger partial charge is 0.399 e. The summed E-state index contributed by atoms with van der Waals surface area (Å²) < 4.78 is 1.05. The minimum atomic E-state index is -0.0995. The van der Waals surface area contributed by atoms with E-state index in [1.54, 1.807) is 0 Å². The van der Waals surface area contributed by atoms with Crippen molar-refractivity contribution >= 4 is 27.3 Å². The quantitative estimate of drug-likeness (QED) is 0.782. The summed E-state index contributed by atoms with van der Waals surface area (Å²) >= 11 is 3.57. The second-order valence-electron chi connectivity index (χ2n) is 5.18. The summed E-state index contributed by atoms with van der Waals surface area (Å²) in [5, 5.41) is 9.92. The van der Waals surface area contributed by atoms with Gasteiger partial charge < -0.3 is 15.7 Å². The van der Waals surface area contributed by atoms with E-state index in [0.717, 1.165) is 36.1 Å². The molecule has 3 rings (SSSR count). The summed E-state index contributed by atoms with van der Waals surface area (Å²) in [6.45, 7) is 2.03. The number of nitrogens with two attached hydrogens (primary N) is 1. The Morgan fingerprint density at radius 3 is 2.82 bits per heavy atom. The van der Waals surface area contributed by atoms with Gasteiger partial charge in [-0.15, -0.1) is 0 Å². The number of hydrogen-bond donors (Lipinski definition) is 2. The molecule has 1 aromatic carbocycles. The number of nitrogen functional groups attached to an aromatic ring is 1. The molecule has 1 aromatic rings. The highest BCUT2D eigenvalue weighted by Crippen LogP contribution is 2.41. The third kappa shape index (κ3) is 1.93. The van der Waals surface area contributed by atoms with Crippen molar-refractivity contribution in [2.75, 3.05) is 23.7 Å². The molecule has 1 heterocycles. The fourth-order valence-corrected chi connectivity index (χ4v) is 3.86. The number of rotatable bonds is 1. The Morgan fingerprint density at radius 2 is 2.12 bits per heavy atom. The van der Waals surface area contributed by atoms with Gasteiger partial charge in [-0.05, 0) is 52.9 Å². The maximum atomic E-state index is 9.92. The van der Waals surface area contributed by atoms with Crippen molar-refractivity contribution in [2.45, 2.75) is 18.9 Å². The van der Waals surface area contributed by atoms with Crippen LogP contribution in [0.4, 0.5) is 11.4 Å². The van der Waals surface area contributed by atoms with Crippen LogP contribution in [0.1, 0.15) is 12.8 Å². The van der Waals surface area contributed by atoms with E-state index in [0.29, 0.717) is 11.8 Å². The van der Waals surface area contributed by atoms with Crippen molar-refractivity contribution in [3.8, 4) is 0 Å². The van der Waals surface area contributed by atoms with Crippen LogP contribution in [0.15, 0.2) is 22.7 Å². The molecule has 0 radical (unpaired) electrons. The summed E-state index contributed by atoms with van der Waals surface area (Å²) in [4.78, 5) is 2.36. The molecule has 1 saturated carbocycles. The predicted octanol–water partition coefficient (Wildman–Crippen LogP) is 2.24. The predicted molar refractivity (Wildman–Crippen MR) is 73.0 cm³/mol. The summed E-state index contributed by atoms with van der Waals surface area (Å²) in [6.07, 6.45) is 2.04. The fraction of sp³-hybridized carbons (Fsp3) is 0.538. The summed E-state index contributed by atoms with van der Waals surface area (Å²) in [5.74, 6) is 1.12. The van der Waals surface area contributed by atoms with Crippen LogP contribution in [0, 0.1) is 11.8 Å². The van der Waals surface area contributed by atoms with Gasteiger partial charge in [0.15, 0.2) is 0 Å². The molecule has 2 fully saturated rings. The molecule has 17 heavy (non-hydrogen) atoms. The van der Waals surface area contributed by atoms with Crippen LogP contribution < -0.4 is 10.6 Å². The average Bonchev–Trinajstić information content (AvgIpc) is 2.81. The Kier molecular flexibility index (Phi) is 2.79. The van der Waals surface area contributed by atoms with Gasteiger partial charge in [0.1, 0.15) is 0 Å². The summed E-state index contributed by atoms with van der Waals surface area (Å²) in [7, 11) is 0. The maximum absolute atomic E-state index is 9.92. The van der Waals surface area contributed by atoms with E-state index >= 15 is 0 Å². The smallest absolute Gasteiger partial charge is 0.0588 e. The van der Waals surface area contributed by atoms with Gasteiger partial charge >= 0.3 is 0 Å². The van der Waals surface area contributed by atoms with Gasteiger partial charge in [0.2, 0.25) is 0 Å². The lowest BCUT2D eigenvalue weighted by atomic mass is 10.00. The topological polar surface area (TPSA) is 49.5 Å². The number of hydrogen-bond acceptors (Lipinski definition) is 3. The first kappa shape index (κ1) is 11.4. The van der Waals surface area contributed by atoms with E-state index in [1.165, 1.54) is 5.69 Å². The SMILES string of the molecule is Nc1ccc(N2CC3CCC(O)C3C2)c(Br)c1. The molecule has 92 valence electrons. The molecular formula is C13H17BrN2O. The number of halogens is 1. The number of aliphatic hydroxyl groups excluding tert-OH is 1. The Bertz CT molecular complexity index is 437. The normalized spacial score (nSPS) is 31.9. The van der Waals surface area contributed by atoms with Gasteiger partial charge in [0.05, 0.1) is 11.8 Å². The highest BCUT2D eigenvalue weighted by atomic mass is 79.9. The third-order valence-electron chi connectivity index (χ3n) is 4.13. The zero-order valence-corrected chi connectivity index (χ0v) is 11.2. The van der Waals surface area contributed by atoms with E-state index in [2.05, 4.69) is 26.9 Å². The highest BCUT2D eigenvalue weighted by Gasteiger charge is 2.42. The van der Waals surface area contributed by atoms with Crippen molar-refractivity contribution in [2.24, 2.45) is 11.8 Å². The van der Waals surface area contributed by atoms with Gasteiger partial charge in [-0.25, -0.2) is 0 Å². The van der Waals surface area contributed by atoms with Crippen LogP contribution >= 0.6 is 15.9 Å². The Morgan fingerprint density at radius 1 is 1.29 bits per heavy atom. The highest BCUT2D eigenvalue weighted by molar-refractivity contribution is 9.10. The molecular weight excluding hydrogens is 280 g/mol. The molecule has 1 aliphatic carbocycles. The average molecular weight is 297 g/mol. The first-order chi connectivity index (χ1) is 8.15. The summed E-state index contributed by atoms with van der Waals surface area (Å²) in [5.41, 5.74) is 7.72. The molecule has 0 bridgehead atoms. The van der Waals surface area contributed by atoms with Crippen molar-refractivity contribution in [3.05, 3.63) is 22.7 Å². The second-order valence-corrected chi connectivity index (χ2v) is 6.04. The molecule has 0 spiro atoms. The van der Waals surface area contributed by atoms with Crippen molar-refractivity contribution in [1.29, 1.82) is 0 Å².